The van der Waals surface area contributed by atoms with Crippen LogP contribution < -0.4 is 0 Å². The van der Waals surface area contributed by atoms with Gasteiger partial charge in [-0.15, -0.1) is 0 Å². The highest BCUT2D eigenvalue weighted by molar-refractivity contribution is 4.71. The first kappa shape index (κ1) is 23.7. The number of epoxide rings is 1. The van der Waals surface area contributed by atoms with Crippen molar-refractivity contribution in [2.45, 2.75) is 51.5 Å². The van der Waals surface area contributed by atoms with Crippen LogP contribution >= 0.6 is 0 Å². The zero-order valence-electron chi connectivity index (χ0n) is 15.7. The second kappa shape index (κ2) is 12.2. The first-order chi connectivity index (χ1) is 12.0. The van der Waals surface area contributed by atoms with Gasteiger partial charge in [-0.2, -0.15) is 0 Å². The lowest BCUT2D eigenvalue weighted by molar-refractivity contribution is -0.147. The van der Waals surface area contributed by atoms with Crippen molar-refractivity contribution in [3.05, 3.63) is 0 Å². The third kappa shape index (κ3) is 9.57. The van der Waals surface area contributed by atoms with Gasteiger partial charge >= 0.3 is 0 Å². The standard InChI is InChI=1S/C17H32O8.CH4/c1-17(2)24-12-16(25-17)10-22-8-14(19-4)6-20-5-13(18-3)7-21-9-15-11-23-15;/h13-16H,5-12H2,1-4H3;1H4. The minimum Gasteiger partial charge on any atom is -0.377 e. The molecular formula is C18H36O8. The van der Waals surface area contributed by atoms with Crippen molar-refractivity contribution in [2.75, 3.05) is 67.1 Å². The predicted octanol–water partition coefficient (Wildman–Crippen LogP) is 1.25. The van der Waals surface area contributed by atoms with E-state index < -0.39 is 5.79 Å². The molecule has 0 bridgehead atoms. The minimum atomic E-state index is -0.527. The molecule has 0 aromatic rings. The van der Waals surface area contributed by atoms with Gasteiger partial charge in [0, 0.05) is 14.2 Å². The Labute approximate surface area is 157 Å². The van der Waals surface area contributed by atoms with E-state index in [9.17, 15) is 0 Å². The Bertz CT molecular complexity index is 361. The number of hydrogen-bond acceptors (Lipinski definition) is 8. The number of hydrogen-bond donors (Lipinski definition) is 0. The van der Waals surface area contributed by atoms with E-state index in [1.54, 1.807) is 14.2 Å². The molecule has 4 atom stereocenters. The molecule has 0 radical (unpaired) electrons. The zero-order chi connectivity index (χ0) is 18.1. The molecule has 156 valence electrons. The lowest BCUT2D eigenvalue weighted by atomic mass is 10.3. The van der Waals surface area contributed by atoms with Gasteiger partial charge in [0.05, 0.1) is 52.9 Å². The molecule has 8 heteroatoms. The van der Waals surface area contributed by atoms with Crippen LogP contribution in [-0.2, 0) is 37.9 Å². The Balaban J connectivity index is 0.00000338. The molecule has 2 heterocycles. The molecule has 2 saturated heterocycles. The van der Waals surface area contributed by atoms with Crippen molar-refractivity contribution < 1.29 is 37.9 Å². The topological polar surface area (TPSA) is 77.1 Å². The molecule has 26 heavy (non-hydrogen) atoms. The van der Waals surface area contributed by atoms with Crippen molar-refractivity contribution in [3.8, 4) is 0 Å². The molecule has 0 spiro atoms. The van der Waals surface area contributed by atoms with Gasteiger partial charge < -0.3 is 37.9 Å². The highest BCUT2D eigenvalue weighted by atomic mass is 16.7. The smallest absolute Gasteiger partial charge is 0.163 e. The minimum absolute atomic E-state index is 0. The summed E-state index contributed by atoms with van der Waals surface area (Å²) in [5.74, 6) is -0.527. The van der Waals surface area contributed by atoms with E-state index in [0.717, 1.165) is 6.61 Å². The number of ether oxygens (including phenoxy) is 8. The summed E-state index contributed by atoms with van der Waals surface area (Å²) in [5.41, 5.74) is 0. The molecule has 8 nitrogen and oxygen atoms in total. The summed E-state index contributed by atoms with van der Waals surface area (Å²) in [5, 5.41) is 0. The molecule has 0 aliphatic carbocycles. The SMILES string of the molecule is C.COC(COCC(COCC1COC(C)(C)O1)OC)COCC1CO1. The van der Waals surface area contributed by atoms with Gasteiger partial charge in [0.2, 0.25) is 0 Å². The Morgan fingerprint density at radius 3 is 1.77 bits per heavy atom. The van der Waals surface area contributed by atoms with E-state index in [2.05, 4.69) is 0 Å². The fraction of sp³-hybridized carbons (Fsp3) is 1.00. The molecule has 0 saturated carbocycles. The van der Waals surface area contributed by atoms with E-state index in [1.165, 1.54) is 0 Å². The van der Waals surface area contributed by atoms with E-state index in [4.69, 9.17) is 37.9 Å². The van der Waals surface area contributed by atoms with Crippen LogP contribution in [0, 0.1) is 0 Å². The van der Waals surface area contributed by atoms with Crippen LogP contribution in [0.4, 0.5) is 0 Å². The quantitative estimate of drug-likeness (QED) is 0.417. The lowest BCUT2D eigenvalue weighted by Gasteiger charge is -2.20. The first-order valence-corrected chi connectivity index (χ1v) is 8.74. The summed E-state index contributed by atoms with van der Waals surface area (Å²) >= 11 is 0. The molecule has 2 rings (SSSR count). The van der Waals surface area contributed by atoms with Gasteiger partial charge in [-0.3, -0.25) is 0 Å². The fourth-order valence-electron chi connectivity index (χ4n) is 2.37. The normalized spacial score (nSPS) is 26.3. The maximum Gasteiger partial charge on any atom is 0.163 e. The van der Waals surface area contributed by atoms with Crippen molar-refractivity contribution in [3.63, 3.8) is 0 Å². The second-order valence-electron chi connectivity index (χ2n) is 6.73. The van der Waals surface area contributed by atoms with Crippen LogP contribution in [0.5, 0.6) is 0 Å². The fourth-order valence-corrected chi connectivity index (χ4v) is 2.37. The van der Waals surface area contributed by atoms with Crippen LogP contribution in [-0.4, -0.2) is 97.3 Å². The molecule has 0 amide bonds. The Morgan fingerprint density at radius 1 is 0.846 bits per heavy atom. The average molecular weight is 380 g/mol. The van der Waals surface area contributed by atoms with E-state index in [0.29, 0.717) is 46.2 Å². The van der Waals surface area contributed by atoms with Gasteiger partial charge in [0.15, 0.2) is 5.79 Å². The monoisotopic (exact) mass is 380 g/mol. The average Bonchev–Trinajstić information content (AvgIpc) is 3.34. The van der Waals surface area contributed by atoms with Gasteiger partial charge in [-0.25, -0.2) is 0 Å². The maximum absolute atomic E-state index is 5.69. The lowest BCUT2D eigenvalue weighted by Crippen LogP contribution is -2.31. The van der Waals surface area contributed by atoms with Crippen molar-refractivity contribution >= 4 is 0 Å². The molecule has 2 fully saturated rings. The summed E-state index contributed by atoms with van der Waals surface area (Å²) in [6.07, 6.45) is -0.0378. The third-order valence-electron chi connectivity index (χ3n) is 3.96. The summed E-state index contributed by atoms with van der Waals surface area (Å²) in [4.78, 5) is 0. The van der Waals surface area contributed by atoms with E-state index in [1.807, 2.05) is 13.8 Å². The Hall–Kier alpha value is -0.320. The number of rotatable bonds is 14. The molecule has 2 aliphatic heterocycles. The van der Waals surface area contributed by atoms with Crippen molar-refractivity contribution in [2.24, 2.45) is 0 Å². The summed E-state index contributed by atoms with van der Waals surface area (Å²) in [6.45, 7) is 7.99. The van der Waals surface area contributed by atoms with Crippen LogP contribution in [0.2, 0.25) is 0 Å². The van der Waals surface area contributed by atoms with Gasteiger partial charge in [0.1, 0.15) is 24.4 Å². The summed E-state index contributed by atoms with van der Waals surface area (Å²) in [7, 11) is 3.29. The molecule has 0 aromatic carbocycles. The van der Waals surface area contributed by atoms with Crippen LogP contribution in [0.1, 0.15) is 21.3 Å². The van der Waals surface area contributed by atoms with E-state index in [-0.39, 0.29) is 31.8 Å². The van der Waals surface area contributed by atoms with Crippen LogP contribution in [0.25, 0.3) is 0 Å². The Morgan fingerprint density at radius 2 is 1.35 bits per heavy atom. The summed E-state index contributed by atoms with van der Waals surface area (Å²) in [6, 6.07) is 0. The van der Waals surface area contributed by atoms with Crippen molar-refractivity contribution in [1.29, 1.82) is 0 Å². The van der Waals surface area contributed by atoms with Gasteiger partial charge in [-0.05, 0) is 13.8 Å². The predicted molar refractivity (Wildman–Crippen MR) is 95.4 cm³/mol. The highest BCUT2D eigenvalue weighted by Crippen LogP contribution is 2.22. The van der Waals surface area contributed by atoms with Gasteiger partial charge in [-0.1, -0.05) is 7.43 Å². The molecule has 4 unspecified atom stereocenters. The molecular weight excluding hydrogens is 344 g/mol. The molecule has 2 aliphatic rings. The van der Waals surface area contributed by atoms with Crippen LogP contribution in [0.15, 0.2) is 0 Å². The molecule has 0 N–H and O–H groups in total. The summed E-state index contributed by atoms with van der Waals surface area (Å²) < 4.78 is 43.9. The maximum atomic E-state index is 5.69. The van der Waals surface area contributed by atoms with Gasteiger partial charge in [0.25, 0.3) is 0 Å². The third-order valence-corrected chi connectivity index (χ3v) is 3.96. The van der Waals surface area contributed by atoms with Crippen LogP contribution in [0.3, 0.4) is 0 Å². The Kier molecular flexibility index (Phi) is 11.1. The molecule has 0 aromatic heterocycles. The highest BCUT2D eigenvalue weighted by Gasteiger charge is 2.32. The largest absolute Gasteiger partial charge is 0.377 e. The second-order valence-corrected chi connectivity index (χ2v) is 6.73. The zero-order valence-corrected chi connectivity index (χ0v) is 15.7. The number of methoxy groups -OCH3 is 2. The van der Waals surface area contributed by atoms with E-state index >= 15 is 0 Å². The van der Waals surface area contributed by atoms with Crippen molar-refractivity contribution in [1.82, 2.24) is 0 Å². The first-order valence-electron chi connectivity index (χ1n) is 8.74.